The molecule has 0 spiro atoms. The minimum absolute atomic E-state index is 0.154. The molecule has 5 aromatic rings. The lowest BCUT2D eigenvalue weighted by molar-refractivity contribution is 0.0950. The van der Waals surface area contributed by atoms with E-state index in [0.29, 0.717) is 24.3 Å². The van der Waals surface area contributed by atoms with Crippen LogP contribution in [0, 0.1) is 6.92 Å². The highest BCUT2D eigenvalue weighted by molar-refractivity contribution is 5.94. The van der Waals surface area contributed by atoms with E-state index < -0.39 is 0 Å². The monoisotopic (exact) mass is 462 g/mol. The third-order valence-corrected chi connectivity index (χ3v) is 5.91. The van der Waals surface area contributed by atoms with Crippen LogP contribution in [0.1, 0.15) is 38.2 Å². The van der Waals surface area contributed by atoms with Crippen LogP contribution in [0.2, 0.25) is 0 Å². The maximum Gasteiger partial charge on any atom is 0.253 e. The van der Waals surface area contributed by atoms with E-state index in [1.807, 2.05) is 54.3 Å². The van der Waals surface area contributed by atoms with Crippen LogP contribution < -0.4 is 11.1 Å². The van der Waals surface area contributed by atoms with E-state index in [0.717, 1.165) is 39.6 Å². The molecule has 0 saturated carbocycles. The first-order chi connectivity index (χ1) is 17.0. The van der Waals surface area contributed by atoms with Gasteiger partial charge in [0.1, 0.15) is 5.82 Å². The van der Waals surface area contributed by atoms with Gasteiger partial charge in [0.15, 0.2) is 0 Å². The number of hydrogen-bond donors (Lipinski definition) is 2. The average Bonchev–Trinajstić information content (AvgIpc) is 3.28. The SMILES string of the molecule is Cc1cnn(Cc2ccc(Cc3cncc(C(=O)NCc4ccc5c(N)nccc5c4)c3)cc2)c1. The molecule has 0 radical (unpaired) electrons. The Balaban J connectivity index is 1.21. The van der Waals surface area contributed by atoms with Crippen LogP contribution >= 0.6 is 0 Å². The molecule has 3 aromatic heterocycles. The number of nitrogens with two attached hydrogens (primary N) is 1. The van der Waals surface area contributed by atoms with Crippen LogP contribution in [0.3, 0.4) is 0 Å². The van der Waals surface area contributed by atoms with Crippen LogP contribution in [-0.2, 0) is 19.5 Å². The van der Waals surface area contributed by atoms with Gasteiger partial charge in [-0.2, -0.15) is 5.10 Å². The average molecular weight is 463 g/mol. The smallest absolute Gasteiger partial charge is 0.253 e. The van der Waals surface area contributed by atoms with Crippen molar-refractivity contribution < 1.29 is 4.79 Å². The van der Waals surface area contributed by atoms with Crippen molar-refractivity contribution in [3.8, 4) is 0 Å². The molecule has 1 amide bonds. The summed E-state index contributed by atoms with van der Waals surface area (Å²) in [6.07, 6.45) is 9.68. The summed E-state index contributed by atoms with van der Waals surface area (Å²) in [5.41, 5.74) is 11.9. The van der Waals surface area contributed by atoms with Gasteiger partial charge in [-0.25, -0.2) is 4.98 Å². The van der Waals surface area contributed by atoms with E-state index in [-0.39, 0.29) is 5.91 Å². The molecule has 174 valence electrons. The second-order valence-corrected chi connectivity index (χ2v) is 8.72. The molecule has 0 saturated heterocycles. The number of benzene rings is 2. The van der Waals surface area contributed by atoms with Gasteiger partial charge in [0, 0.05) is 36.7 Å². The predicted octanol–water partition coefficient (Wildman–Crippen LogP) is 4.29. The summed E-state index contributed by atoms with van der Waals surface area (Å²) in [6, 6.07) is 18.2. The van der Waals surface area contributed by atoms with Gasteiger partial charge in [0.25, 0.3) is 5.91 Å². The second kappa shape index (κ2) is 9.77. The molecule has 0 aliphatic heterocycles. The first-order valence-electron chi connectivity index (χ1n) is 11.5. The van der Waals surface area contributed by atoms with E-state index >= 15 is 0 Å². The molecule has 7 heteroatoms. The number of nitrogens with zero attached hydrogens (tertiary/aromatic N) is 4. The zero-order chi connectivity index (χ0) is 24.2. The highest BCUT2D eigenvalue weighted by atomic mass is 16.1. The molecule has 0 atom stereocenters. The highest BCUT2D eigenvalue weighted by Crippen LogP contribution is 2.20. The summed E-state index contributed by atoms with van der Waals surface area (Å²) in [5.74, 6) is 0.349. The molecule has 5 rings (SSSR count). The van der Waals surface area contributed by atoms with Crippen LogP contribution in [-0.4, -0.2) is 25.7 Å². The number of rotatable bonds is 7. The van der Waals surface area contributed by atoms with Crippen molar-refractivity contribution in [2.45, 2.75) is 26.4 Å². The van der Waals surface area contributed by atoms with Gasteiger partial charge in [0.05, 0.1) is 18.3 Å². The fourth-order valence-corrected chi connectivity index (χ4v) is 4.09. The Hall–Kier alpha value is -4.52. The topological polar surface area (TPSA) is 98.7 Å². The van der Waals surface area contributed by atoms with E-state index in [4.69, 9.17) is 5.73 Å². The Bertz CT molecular complexity index is 1490. The number of carbonyl (C=O) groups excluding carboxylic acids is 1. The number of amides is 1. The van der Waals surface area contributed by atoms with Crippen LogP contribution in [0.4, 0.5) is 5.82 Å². The number of nitrogen functional groups attached to an aromatic ring is 1. The van der Waals surface area contributed by atoms with Crippen molar-refractivity contribution in [3.05, 3.63) is 119 Å². The Morgan fingerprint density at radius 1 is 0.943 bits per heavy atom. The van der Waals surface area contributed by atoms with Gasteiger partial charge >= 0.3 is 0 Å². The van der Waals surface area contributed by atoms with Crippen molar-refractivity contribution >= 4 is 22.5 Å². The number of nitrogens with one attached hydrogen (secondary N) is 1. The van der Waals surface area contributed by atoms with Crippen LogP contribution in [0.5, 0.6) is 0 Å². The molecule has 2 aromatic carbocycles. The van der Waals surface area contributed by atoms with Crippen LogP contribution in [0.25, 0.3) is 10.8 Å². The largest absolute Gasteiger partial charge is 0.383 e. The predicted molar refractivity (Wildman–Crippen MR) is 137 cm³/mol. The van der Waals surface area contributed by atoms with E-state index in [1.165, 1.54) is 5.56 Å². The molecule has 0 bridgehead atoms. The number of pyridine rings is 2. The Kier molecular flexibility index (Phi) is 6.22. The summed E-state index contributed by atoms with van der Waals surface area (Å²) >= 11 is 0. The third kappa shape index (κ3) is 5.35. The van der Waals surface area contributed by atoms with Crippen molar-refractivity contribution in [1.82, 2.24) is 25.1 Å². The highest BCUT2D eigenvalue weighted by Gasteiger charge is 2.09. The molecular weight excluding hydrogens is 436 g/mol. The lowest BCUT2D eigenvalue weighted by Crippen LogP contribution is -2.23. The molecular formula is C28H26N6O. The van der Waals surface area contributed by atoms with Crippen LogP contribution in [0.15, 0.2) is 85.6 Å². The zero-order valence-electron chi connectivity index (χ0n) is 19.5. The lowest BCUT2D eigenvalue weighted by Gasteiger charge is -2.09. The number of aryl methyl sites for hydroxylation is 1. The van der Waals surface area contributed by atoms with Gasteiger partial charge in [0.2, 0.25) is 0 Å². The zero-order valence-corrected chi connectivity index (χ0v) is 19.5. The van der Waals surface area contributed by atoms with Gasteiger partial charge in [-0.15, -0.1) is 0 Å². The van der Waals surface area contributed by atoms with Crippen molar-refractivity contribution in [2.24, 2.45) is 0 Å². The summed E-state index contributed by atoms with van der Waals surface area (Å²) in [6.45, 7) is 3.19. The maximum atomic E-state index is 12.8. The number of hydrogen-bond acceptors (Lipinski definition) is 5. The summed E-state index contributed by atoms with van der Waals surface area (Å²) in [7, 11) is 0. The second-order valence-electron chi connectivity index (χ2n) is 8.72. The third-order valence-electron chi connectivity index (χ3n) is 5.91. The number of aromatic nitrogens is 4. The Morgan fingerprint density at radius 2 is 1.74 bits per heavy atom. The van der Waals surface area contributed by atoms with Gasteiger partial charge in [-0.3, -0.25) is 14.5 Å². The lowest BCUT2D eigenvalue weighted by atomic mass is 10.0. The number of anilines is 1. The minimum Gasteiger partial charge on any atom is -0.383 e. The molecule has 35 heavy (non-hydrogen) atoms. The van der Waals surface area contributed by atoms with Crippen molar-refractivity contribution in [3.63, 3.8) is 0 Å². The Labute approximate surface area is 203 Å². The van der Waals surface area contributed by atoms with Gasteiger partial charge < -0.3 is 11.1 Å². The Morgan fingerprint density at radius 3 is 2.54 bits per heavy atom. The normalized spacial score (nSPS) is 11.0. The molecule has 0 unspecified atom stereocenters. The first-order valence-corrected chi connectivity index (χ1v) is 11.5. The van der Waals surface area contributed by atoms with E-state index in [1.54, 1.807) is 18.6 Å². The molecule has 0 fully saturated rings. The maximum absolute atomic E-state index is 12.8. The van der Waals surface area contributed by atoms with E-state index in [2.05, 4.69) is 44.6 Å². The fourth-order valence-electron chi connectivity index (χ4n) is 4.09. The standard InChI is InChI=1S/C28H26N6O/c1-19-13-33-34(17-19)18-21-4-2-20(3-5-21)10-23-12-25(16-30-14-23)28(35)32-15-22-6-7-26-24(11-22)8-9-31-27(26)29/h2-9,11-14,16-17H,10,15,18H2,1H3,(H2,29,31)(H,32,35). The van der Waals surface area contributed by atoms with Gasteiger partial charge in [-0.1, -0.05) is 36.4 Å². The molecule has 0 aliphatic carbocycles. The fraction of sp³-hybridized carbons (Fsp3) is 0.143. The summed E-state index contributed by atoms with van der Waals surface area (Å²) < 4.78 is 1.93. The quantitative estimate of drug-likeness (QED) is 0.376. The molecule has 3 heterocycles. The number of fused-ring (bicyclic) bond motifs is 1. The summed E-state index contributed by atoms with van der Waals surface area (Å²) in [5, 5.41) is 9.23. The molecule has 3 N–H and O–H groups in total. The summed E-state index contributed by atoms with van der Waals surface area (Å²) in [4.78, 5) is 21.2. The van der Waals surface area contributed by atoms with Gasteiger partial charge in [-0.05, 0) is 64.7 Å². The number of carbonyl (C=O) groups is 1. The van der Waals surface area contributed by atoms with E-state index in [9.17, 15) is 4.79 Å². The van der Waals surface area contributed by atoms with Crippen molar-refractivity contribution in [1.29, 1.82) is 0 Å². The van der Waals surface area contributed by atoms with Crippen molar-refractivity contribution in [2.75, 3.05) is 5.73 Å². The molecule has 0 aliphatic rings. The molecule has 7 nitrogen and oxygen atoms in total. The first kappa shape index (κ1) is 22.3. The minimum atomic E-state index is -0.154.